The normalized spacial score (nSPS) is 10.4. The van der Waals surface area contributed by atoms with Gasteiger partial charge in [-0.2, -0.15) is 5.10 Å². The topological polar surface area (TPSA) is 44.1 Å². The van der Waals surface area contributed by atoms with Gasteiger partial charge in [-0.3, -0.25) is 4.68 Å². The van der Waals surface area contributed by atoms with E-state index in [1.54, 1.807) is 35.8 Å². The molecule has 19 heavy (non-hydrogen) atoms. The van der Waals surface area contributed by atoms with Crippen LogP contribution < -0.4 is 0 Å². The summed E-state index contributed by atoms with van der Waals surface area (Å²) in [4.78, 5) is 12.7. The lowest BCUT2D eigenvalue weighted by atomic mass is 10.4. The molecule has 0 amide bonds. The third-order valence-corrected chi connectivity index (χ3v) is 3.47. The third kappa shape index (κ3) is 4.13. The van der Waals surface area contributed by atoms with Crippen molar-refractivity contribution < 1.29 is 9.53 Å². The van der Waals surface area contributed by atoms with E-state index in [4.69, 9.17) is 4.74 Å². The molecular weight excluding hydrogens is 260 g/mol. The van der Waals surface area contributed by atoms with E-state index in [1.807, 2.05) is 18.2 Å². The number of carbonyl (C=O) groups excluding carboxylic acids is 1. The molecule has 0 atom stereocenters. The number of rotatable bonds is 6. The van der Waals surface area contributed by atoms with Gasteiger partial charge in [0.15, 0.2) is 0 Å². The summed E-state index contributed by atoms with van der Waals surface area (Å²) in [6, 6.07) is 10.2. The zero-order valence-corrected chi connectivity index (χ0v) is 11.6. The molecule has 0 aliphatic carbocycles. The lowest BCUT2D eigenvalue weighted by molar-refractivity contribution is 0.0526. The fourth-order valence-corrected chi connectivity index (χ4v) is 2.44. The van der Waals surface area contributed by atoms with Gasteiger partial charge in [0.1, 0.15) is 0 Å². The molecule has 2 aromatic rings. The maximum absolute atomic E-state index is 11.5. The lowest BCUT2D eigenvalue weighted by Crippen LogP contribution is -2.04. The second-order valence-electron chi connectivity index (χ2n) is 3.87. The number of aryl methyl sites for hydroxylation is 1. The molecule has 0 unspecified atom stereocenters. The van der Waals surface area contributed by atoms with Crippen molar-refractivity contribution >= 4 is 17.7 Å². The minimum atomic E-state index is -0.315. The molecule has 0 aliphatic rings. The van der Waals surface area contributed by atoms with E-state index in [-0.39, 0.29) is 5.97 Å². The first-order valence-corrected chi connectivity index (χ1v) is 7.15. The summed E-state index contributed by atoms with van der Waals surface area (Å²) in [7, 11) is 0. The van der Waals surface area contributed by atoms with Crippen LogP contribution in [0.1, 0.15) is 17.3 Å². The SMILES string of the molecule is CCOC(=O)c1cnn(CCSc2ccccc2)c1. The smallest absolute Gasteiger partial charge is 0.341 e. The summed E-state index contributed by atoms with van der Waals surface area (Å²) >= 11 is 1.77. The first-order valence-electron chi connectivity index (χ1n) is 6.17. The van der Waals surface area contributed by atoms with E-state index in [1.165, 1.54) is 4.90 Å². The van der Waals surface area contributed by atoms with Crippen molar-refractivity contribution in [3.05, 3.63) is 48.3 Å². The molecule has 1 aromatic carbocycles. The first-order chi connectivity index (χ1) is 9.29. The zero-order valence-electron chi connectivity index (χ0n) is 10.8. The van der Waals surface area contributed by atoms with Gasteiger partial charge in [0, 0.05) is 16.8 Å². The van der Waals surface area contributed by atoms with Crippen LogP contribution in [0.5, 0.6) is 0 Å². The van der Waals surface area contributed by atoms with Gasteiger partial charge in [0.05, 0.1) is 24.9 Å². The number of hydrogen-bond acceptors (Lipinski definition) is 4. The Labute approximate surface area is 116 Å². The molecule has 0 saturated carbocycles. The van der Waals surface area contributed by atoms with Crippen LogP contribution in [0, 0.1) is 0 Å². The molecule has 5 heteroatoms. The van der Waals surface area contributed by atoms with Crippen LogP contribution in [0.15, 0.2) is 47.6 Å². The number of benzene rings is 1. The van der Waals surface area contributed by atoms with Crippen LogP contribution in [-0.2, 0) is 11.3 Å². The Morgan fingerprint density at radius 2 is 2.16 bits per heavy atom. The fraction of sp³-hybridized carbons (Fsp3) is 0.286. The van der Waals surface area contributed by atoms with Crippen molar-refractivity contribution in [1.29, 1.82) is 0 Å². The molecular formula is C14H16N2O2S. The van der Waals surface area contributed by atoms with E-state index >= 15 is 0 Å². The van der Waals surface area contributed by atoms with E-state index in [0.29, 0.717) is 12.2 Å². The summed E-state index contributed by atoms with van der Waals surface area (Å²) in [5.74, 6) is 0.595. The number of thioether (sulfide) groups is 1. The highest BCUT2D eigenvalue weighted by atomic mass is 32.2. The van der Waals surface area contributed by atoms with Crippen LogP contribution in [-0.4, -0.2) is 28.1 Å². The molecule has 2 rings (SSSR count). The van der Waals surface area contributed by atoms with Crippen LogP contribution in [0.25, 0.3) is 0 Å². The second-order valence-corrected chi connectivity index (χ2v) is 5.04. The molecule has 0 bridgehead atoms. The molecule has 4 nitrogen and oxygen atoms in total. The maximum atomic E-state index is 11.5. The highest BCUT2D eigenvalue weighted by Gasteiger charge is 2.08. The van der Waals surface area contributed by atoms with Crippen LogP contribution in [0.3, 0.4) is 0 Å². The molecule has 0 N–H and O–H groups in total. The second kappa shape index (κ2) is 6.99. The summed E-state index contributed by atoms with van der Waals surface area (Å²) in [6.07, 6.45) is 3.27. The predicted octanol–water partition coefficient (Wildman–Crippen LogP) is 2.85. The van der Waals surface area contributed by atoms with Crippen molar-refractivity contribution in [2.24, 2.45) is 0 Å². The monoisotopic (exact) mass is 276 g/mol. The van der Waals surface area contributed by atoms with Gasteiger partial charge in [-0.25, -0.2) is 4.79 Å². The van der Waals surface area contributed by atoms with E-state index in [9.17, 15) is 4.79 Å². The molecule has 0 aliphatic heterocycles. The first kappa shape index (κ1) is 13.7. The van der Waals surface area contributed by atoms with E-state index < -0.39 is 0 Å². The maximum Gasteiger partial charge on any atom is 0.341 e. The van der Waals surface area contributed by atoms with Crippen molar-refractivity contribution in [3.63, 3.8) is 0 Å². The van der Waals surface area contributed by atoms with Gasteiger partial charge in [-0.15, -0.1) is 11.8 Å². The molecule has 0 radical (unpaired) electrons. The molecule has 0 saturated heterocycles. The third-order valence-electron chi connectivity index (χ3n) is 2.48. The Bertz CT molecular complexity index is 525. The molecule has 1 heterocycles. The number of carbonyl (C=O) groups is 1. The Hall–Kier alpha value is -1.75. The van der Waals surface area contributed by atoms with Crippen molar-refractivity contribution in [3.8, 4) is 0 Å². The molecule has 0 fully saturated rings. The average molecular weight is 276 g/mol. The number of esters is 1. The standard InChI is InChI=1S/C14H16N2O2S/c1-2-18-14(17)12-10-15-16(11-12)8-9-19-13-6-4-3-5-7-13/h3-7,10-11H,2,8-9H2,1H3. The highest BCUT2D eigenvalue weighted by Crippen LogP contribution is 2.17. The van der Waals surface area contributed by atoms with Crippen molar-refractivity contribution in [2.75, 3.05) is 12.4 Å². The van der Waals surface area contributed by atoms with Gasteiger partial charge in [0.2, 0.25) is 0 Å². The van der Waals surface area contributed by atoms with Gasteiger partial charge in [0.25, 0.3) is 0 Å². The summed E-state index contributed by atoms with van der Waals surface area (Å²) < 4.78 is 6.68. The Kier molecular flexibility index (Phi) is 5.03. The lowest BCUT2D eigenvalue weighted by Gasteiger charge is -2.02. The van der Waals surface area contributed by atoms with E-state index in [2.05, 4.69) is 17.2 Å². The van der Waals surface area contributed by atoms with Gasteiger partial charge >= 0.3 is 5.97 Å². The van der Waals surface area contributed by atoms with Crippen LogP contribution >= 0.6 is 11.8 Å². The van der Waals surface area contributed by atoms with Gasteiger partial charge in [-0.05, 0) is 19.1 Å². The minimum Gasteiger partial charge on any atom is -0.462 e. The predicted molar refractivity (Wildman–Crippen MR) is 75.3 cm³/mol. The summed E-state index contributed by atoms with van der Waals surface area (Å²) in [5, 5.41) is 4.15. The largest absolute Gasteiger partial charge is 0.462 e. The quantitative estimate of drug-likeness (QED) is 0.601. The summed E-state index contributed by atoms with van der Waals surface area (Å²) in [6.45, 7) is 2.94. The molecule has 100 valence electrons. The van der Waals surface area contributed by atoms with Gasteiger partial charge < -0.3 is 4.74 Å². The molecule has 0 spiro atoms. The Morgan fingerprint density at radius 1 is 1.37 bits per heavy atom. The number of nitrogens with zero attached hydrogens (tertiary/aromatic N) is 2. The van der Waals surface area contributed by atoms with Gasteiger partial charge in [-0.1, -0.05) is 18.2 Å². The van der Waals surface area contributed by atoms with Crippen molar-refractivity contribution in [2.45, 2.75) is 18.4 Å². The van der Waals surface area contributed by atoms with Crippen LogP contribution in [0.4, 0.5) is 0 Å². The zero-order chi connectivity index (χ0) is 13.5. The van der Waals surface area contributed by atoms with E-state index in [0.717, 1.165) is 12.3 Å². The van der Waals surface area contributed by atoms with Crippen molar-refractivity contribution in [1.82, 2.24) is 9.78 Å². The average Bonchev–Trinajstić information content (AvgIpc) is 2.89. The number of aromatic nitrogens is 2. The fourth-order valence-electron chi connectivity index (χ4n) is 1.58. The van der Waals surface area contributed by atoms with Crippen LogP contribution in [0.2, 0.25) is 0 Å². The number of ether oxygens (including phenoxy) is 1. The highest BCUT2D eigenvalue weighted by molar-refractivity contribution is 7.99. The summed E-state index contributed by atoms with van der Waals surface area (Å²) in [5.41, 5.74) is 0.506. The number of hydrogen-bond donors (Lipinski definition) is 0. The minimum absolute atomic E-state index is 0.315. The Morgan fingerprint density at radius 3 is 2.89 bits per heavy atom. The Balaban J connectivity index is 1.82. The molecule has 1 aromatic heterocycles.